The third kappa shape index (κ3) is 3.38. The fraction of sp³-hybridized carbons (Fsp3) is 0.471. The summed E-state index contributed by atoms with van der Waals surface area (Å²) in [4.78, 5) is 30.6. The average molecular weight is 380 g/mol. The van der Waals surface area contributed by atoms with Crippen molar-refractivity contribution >= 4 is 39.2 Å². The number of hydrogen-bond donors (Lipinski definition) is 1. The maximum Gasteiger partial charge on any atom is 0.263 e. The van der Waals surface area contributed by atoms with Gasteiger partial charge in [0.1, 0.15) is 4.83 Å². The number of hydrogen-bond acceptors (Lipinski definition) is 6. The predicted octanol–water partition coefficient (Wildman–Crippen LogP) is 2.46. The molecular formula is C17H21N3O3S2. The Hall–Kier alpha value is -1.64. The molecule has 25 heavy (non-hydrogen) atoms. The van der Waals surface area contributed by atoms with E-state index < -0.39 is 5.91 Å². The van der Waals surface area contributed by atoms with E-state index >= 15 is 0 Å². The zero-order valence-corrected chi connectivity index (χ0v) is 16.0. The van der Waals surface area contributed by atoms with Crippen molar-refractivity contribution in [2.45, 2.75) is 50.6 Å². The van der Waals surface area contributed by atoms with Gasteiger partial charge in [-0.05, 0) is 18.9 Å². The molecule has 3 heterocycles. The summed E-state index contributed by atoms with van der Waals surface area (Å²) in [6, 6.07) is 0. The summed E-state index contributed by atoms with van der Waals surface area (Å²) in [7, 11) is 0. The van der Waals surface area contributed by atoms with Crippen LogP contribution in [0.3, 0.4) is 0 Å². The highest BCUT2D eigenvalue weighted by Gasteiger charge is 2.33. The van der Waals surface area contributed by atoms with Gasteiger partial charge in [-0.2, -0.15) is 0 Å². The largest absolute Gasteiger partial charge is 0.369 e. The van der Waals surface area contributed by atoms with Crippen molar-refractivity contribution in [1.29, 1.82) is 0 Å². The Bertz CT molecular complexity index is 903. The standard InChI is InChI=1S/C17H21N3O3S2/c1-4-6-20-15(22)13-10-7-17(3,5-2)23-8-11(10)25-14(13)19-16(20)24-9-12(18)21/h4H,1,5-9H2,2-3H3,(H2,18,21)/t17-/m0/s1. The minimum Gasteiger partial charge on any atom is -0.369 e. The highest BCUT2D eigenvalue weighted by atomic mass is 32.2. The second kappa shape index (κ2) is 6.93. The smallest absolute Gasteiger partial charge is 0.263 e. The van der Waals surface area contributed by atoms with Crippen molar-refractivity contribution in [3.05, 3.63) is 33.4 Å². The van der Waals surface area contributed by atoms with E-state index in [0.717, 1.165) is 16.9 Å². The molecule has 2 aromatic rings. The predicted molar refractivity (Wildman–Crippen MR) is 101 cm³/mol. The maximum absolute atomic E-state index is 13.1. The zero-order chi connectivity index (χ0) is 18.2. The maximum atomic E-state index is 13.1. The molecule has 0 spiro atoms. The summed E-state index contributed by atoms with van der Waals surface area (Å²) >= 11 is 2.67. The molecule has 0 bridgehead atoms. The molecule has 6 nitrogen and oxygen atoms in total. The van der Waals surface area contributed by atoms with E-state index in [1.54, 1.807) is 10.6 Å². The lowest BCUT2D eigenvalue weighted by molar-refractivity contribution is -0.115. The molecule has 134 valence electrons. The van der Waals surface area contributed by atoms with Gasteiger partial charge < -0.3 is 10.5 Å². The van der Waals surface area contributed by atoms with Crippen LogP contribution < -0.4 is 11.3 Å². The van der Waals surface area contributed by atoms with Gasteiger partial charge in [0, 0.05) is 17.8 Å². The van der Waals surface area contributed by atoms with Gasteiger partial charge >= 0.3 is 0 Å². The molecule has 2 aromatic heterocycles. The summed E-state index contributed by atoms with van der Waals surface area (Å²) in [5, 5.41) is 1.17. The number of rotatable bonds is 6. The Balaban J connectivity index is 2.17. The Morgan fingerprint density at radius 3 is 3.00 bits per heavy atom. The number of thioether (sulfide) groups is 1. The molecule has 1 aliphatic heterocycles. The van der Waals surface area contributed by atoms with Gasteiger partial charge in [-0.1, -0.05) is 24.8 Å². The Kier molecular flexibility index (Phi) is 5.04. The molecule has 0 aromatic carbocycles. The van der Waals surface area contributed by atoms with E-state index in [1.807, 2.05) is 0 Å². The van der Waals surface area contributed by atoms with Crippen LogP contribution in [0.4, 0.5) is 0 Å². The molecule has 1 aliphatic rings. The van der Waals surface area contributed by atoms with Crippen LogP contribution in [0, 0.1) is 0 Å². The monoisotopic (exact) mass is 379 g/mol. The Labute approximate surface area is 154 Å². The number of fused-ring (bicyclic) bond motifs is 3. The molecule has 1 amide bonds. The van der Waals surface area contributed by atoms with E-state index in [-0.39, 0.29) is 16.9 Å². The Morgan fingerprint density at radius 2 is 2.36 bits per heavy atom. The highest BCUT2D eigenvalue weighted by Crippen LogP contribution is 2.38. The van der Waals surface area contributed by atoms with Crippen LogP contribution in [0.15, 0.2) is 22.6 Å². The van der Waals surface area contributed by atoms with Crippen LogP contribution in [-0.2, 0) is 29.1 Å². The average Bonchev–Trinajstić information content (AvgIpc) is 2.93. The first-order valence-electron chi connectivity index (χ1n) is 8.09. The van der Waals surface area contributed by atoms with Gasteiger partial charge in [0.15, 0.2) is 5.16 Å². The molecule has 0 saturated heterocycles. The molecule has 0 aliphatic carbocycles. The first-order valence-corrected chi connectivity index (χ1v) is 9.89. The second-order valence-electron chi connectivity index (χ2n) is 6.31. The molecular weight excluding hydrogens is 358 g/mol. The summed E-state index contributed by atoms with van der Waals surface area (Å²) < 4.78 is 7.55. The lowest BCUT2D eigenvalue weighted by Gasteiger charge is -2.32. The minimum atomic E-state index is -0.443. The quantitative estimate of drug-likeness (QED) is 0.473. The molecule has 0 fully saturated rings. The van der Waals surface area contributed by atoms with Gasteiger partial charge in [0.25, 0.3) is 5.56 Å². The van der Waals surface area contributed by atoms with Crippen molar-refractivity contribution in [3.63, 3.8) is 0 Å². The third-order valence-corrected chi connectivity index (χ3v) is 6.56. The fourth-order valence-electron chi connectivity index (χ4n) is 2.90. The number of carbonyl (C=O) groups excluding carboxylic acids is 1. The normalized spacial score (nSPS) is 19.8. The third-order valence-electron chi connectivity index (χ3n) is 4.46. The summed E-state index contributed by atoms with van der Waals surface area (Å²) in [5.74, 6) is -0.362. The zero-order valence-electron chi connectivity index (χ0n) is 14.3. The SMILES string of the molecule is C=CCn1c(SCC(N)=O)nc2sc3c(c2c1=O)C[C@](C)(CC)OC3. The minimum absolute atomic E-state index is 0.0806. The van der Waals surface area contributed by atoms with Crippen LogP contribution in [-0.4, -0.2) is 26.8 Å². The lowest BCUT2D eigenvalue weighted by atomic mass is 9.90. The molecule has 0 radical (unpaired) electrons. The van der Waals surface area contributed by atoms with Crippen LogP contribution >= 0.6 is 23.1 Å². The van der Waals surface area contributed by atoms with E-state index in [0.29, 0.717) is 34.9 Å². The number of nitrogens with two attached hydrogens (primary N) is 1. The van der Waals surface area contributed by atoms with Crippen LogP contribution in [0.2, 0.25) is 0 Å². The van der Waals surface area contributed by atoms with Crippen molar-refractivity contribution in [1.82, 2.24) is 9.55 Å². The first-order chi connectivity index (χ1) is 11.9. The summed E-state index contributed by atoms with van der Waals surface area (Å²) in [5.41, 5.74) is 5.94. The molecule has 2 N–H and O–H groups in total. The van der Waals surface area contributed by atoms with Crippen LogP contribution in [0.1, 0.15) is 30.7 Å². The number of aromatic nitrogens is 2. The van der Waals surface area contributed by atoms with Crippen LogP contribution in [0.25, 0.3) is 10.2 Å². The highest BCUT2D eigenvalue weighted by molar-refractivity contribution is 7.99. The number of carbonyl (C=O) groups is 1. The van der Waals surface area contributed by atoms with Crippen LogP contribution in [0.5, 0.6) is 0 Å². The summed E-state index contributed by atoms with van der Waals surface area (Å²) in [6.45, 7) is 8.73. The summed E-state index contributed by atoms with van der Waals surface area (Å²) in [6.07, 6.45) is 3.24. The topological polar surface area (TPSA) is 87.2 Å². The number of nitrogens with zero attached hydrogens (tertiary/aromatic N) is 2. The number of primary amides is 1. The molecule has 0 unspecified atom stereocenters. The van der Waals surface area contributed by atoms with Gasteiger partial charge in [0.2, 0.25) is 5.91 Å². The van der Waals surface area contributed by atoms with Crippen molar-refractivity contribution in [2.75, 3.05) is 5.75 Å². The fourth-order valence-corrected chi connectivity index (χ4v) is 4.79. The lowest BCUT2D eigenvalue weighted by Crippen LogP contribution is -2.34. The number of allylic oxidation sites excluding steroid dienone is 1. The first kappa shape index (κ1) is 18.2. The number of ether oxygens (including phenoxy) is 1. The van der Waals surface area contributed by atoms with E-state index in [1.165, 1.54) is 23.1 Å². The number of amides is 1. The number of thiophene rings is 1. The van der Waals surface area contributed by atoms with Gasteiger partial charge in [-0.3, -0.25) is 14.2 Å². The van der Waals surface area contributed by atoms with E-state index in [4.69, 9.17) is 10.5 Å². The van der Waals surface area contributed by atoms with Crippen molar-refractivity contribution in [2.24, 2.45) is 5.73 Å². The van der Waals surface area contributed by atoms with Gasteiger partial charge in [-0.15, -0.1) is 17.9 Å². The molecule has 8 heteroatoms. The molecule has 0 saturated carbocycles. The van der Waals surface area contributed by atoms with Gasteiger partial charge in [0.05, 0.1) is 23.3 Å². The van der Waals surface area contributed by atoms with Crippen molar-refractivity contribution < 1.29 is 9.53 Å². The van der Waals surface area contributed by atoms with E-state index in [9.17, 15) is 9.59 Å². The van der Waals surface area contributed by atoms with Crippen molar-refractivity contribution in [3.8, 4) is 0 Å². The van der Waals surface area contributed by atoms with Gasteiger partial charge in [-0.25, -0.2) is 4.98 Å². The molecule has 3 rings (SSSR count). The molecule has 1 atom stereocenters. The van der Waals surface area contributed by atoms with E-state index in [2.05, 4.69) is 25.4 Å². The second-order valence-corrected chi connectivity index (χ2v) is 8.33. The Morgan fingerprint density at radius 1 is 1.60 bits per heavy atom.